The Morgan fingerprint density at radius 2 is 1.58 bits per heavy atom. The summed E-state index contributed by atoms with van der Waals surface area (Å²) in [7, 11) is 0. The number of hydrogen-bond donors (Lipinski definition) is 3. The van der Waals surface area contributed by atoms with Gasteiger partial charge in [0, 0.05) is 13.1 Å². The third kappa shape index (κ3) is 9.94. The Morgan fingerprint density at radius 3 is 2.14 bits per heavy atom. The first-order chi connectivity index (χ1) is 23.0. The second-order valence-electron chi connectivity index (χ2n) is 16.5. The van der Waals surface area contributed by atoms with Gasteiger partial charge in [-0.2, -0.15) is 0 Å². The van der Waals surface area contributed by atoms with Gasteiger partial charge in [0.1, 0.15) is 23.3 Å². The normalized spacial score (nSPS) is 20.8. The van der Waals surface area contributed by atoms with Crippen LogP contribution in [0.4, 0.5) is 4.79 Å². The lowest BCUT2D eigenvalue weighted by Crippen LogP contribution is -2.60. The maximum Gasteiger partial charge on any atom is 0.408 e. The van der Waals surface area contributed by atoms with Crippen molar-refractivity contribution in [3.63, 3.8) is 0 Å². The SMILES string of the molecule is C=CCCC(NC(=O)[C@@H]1C2[C@@H](CN1C(=O)[C@@H](NC(=O)OC(C)(C)C)C(C)(C)C)C2(C)C)C(=O)C(=O)NCCC(=O)OC(C)(C)c1ccccc1. The number of nitrogens with zero attached hydrogens (tertiary/aromatic N) is 1. The number of ketones is 1. The summed E-state index contributed by atoms with van der Waals surface area (Å²) in [5.41, 5.74) is -1.80. The minimum atomic E-state index is -1.19. The van der Waals surface area contributed by atoms with E-state index in [1.807, 2.05) is 65.0 Å². The predicted molar refractivity (Wildman–Crippen MR) is 188 cm³/mol. The summed E-state index contributed by atoms with van der Waals surface area (Å²) in [4.78, 5) is 81.3. The first-order valence-corrected chi connectivity index (χ1v) is 17.3. The monoisotopic (exact) mass is 696 g/mol. The van der Waals surface area contributed by atoms with Crippen molar-refractivity contribution in [3.05, 3.63) is 48.6 Å². The molecule has 1 aromatic rings. The molecule has 3 rings (SSSR count). The number of carbonyl (C=O) groups is 6. The van der Waals surface area contributed by atoms with Gasteiger partial charge in [0.25, 0.3) is 5.91 Å². The van der Waals surface area contributed by atoms with Crippen LogP contribution in [0.1, 0.15) is 94.1 Å². The van der Waals surface area contributed by atoms with E-state index < -0.39 is 70.3 Å². The van der Waals surface area contributed by atoms with Crippen LogP contribution in [0.2, 0.25) is 0 Å². The van der Waals surface area contributed by atoms with Crippen LogP contribution in [0.15, 0.2) is 43.0 Å². The van der Waals surface area contributed by atoms with Crippen LogP contribution in [-0.4, -0.2) is 77.3 Å². The number of Topliss-reactive ketones (excluding diaryl/α,β-unsaturated/α-hetero) is 1. The summed E-state index contributed by atoms with van der Waals surface area (Å²) < 4.78 is 11.0. The Morgan fingerprint density at radius 1 is 0.960 bits per heavy atom. The van der Waals surface area contributed by atoms with E-state index in [1.165, 1.54) is 4.90 Å². The van der Waals surface area contributed by atoms with Gasteiger partial charge in [0.2, 0.25) is 17.6 Å². The minimum Gasteiger partial charge on any atom is -0.455 e. The number of hydrogen-bond acceptors (Lipinski definition) is 8. The van der Waals surface area contributed by atoms with Gasteiger partial charge < -0.3 is 30.3 Å². The zero-order valence-electron chi connectivity index (χ0n) is 31.3. The first kappa shape index (κ1) is 40.2. The predicted octanol–water partition coefficient (Wildman–Crippen LogP) is 4.41. The van der Waals surface area contributed by atoms with E-state index >= 15 is 0 Å². The Balaban J connectivity index is 1.71. The molecule has 1 aliphatic heterocycles. The number of carbonyl (C=O) groups excluding carboxylic acids is 6. The molecule has 0 aromatic heterocycles. The van der Waals surface area contributed by atoms with Crippen molar-refractivity contribution in [2.45, 2.75) is 118 Å². The third-order valence-electron chi connectivity index (χ3n) is 9.50. The number of ether oxygens (including phenoxy) is 2. The average molecular weight is 697 g/mol. The first-order valence-electron chi connectivity index (χ1n) is 17.3. The topological polar surface area (TPSA) is 160 Å². The van der Waals surface area contributed by atoms with Crippen molar-refractivity contribution in [1.29, 1.82) is 0 Å². The van der Waals surface area contributed by atoms with Crippen LogP contribution in [0, 0.1) is 22.7 Å². The summed E-state index contributed by atoms with van der Waals surface area (Å²) in [6.07, 6.45) is 1.11. The number of benzene rings is 1. The molecule has 276 valence electrons. The summed E-state index contributed by atoms with van der Waals surface area (Å²) in [5.74, 6) is -3.49. The number of fused-ring (bicyclic) bond motifs is 1. The highest BCUT2D eigenvalue weighted by molar-refractivity contribution is 6.38. The Kier molecular flexibility index (Phi) is 12.3. The van der Waals surface area contributed by atoms with Crippen molar-refractivity contribution < 1.29 is 38.2 Å². The quantitative estimate of drug-likeness (QED) is 0.147. The fourth-order valence-electron chi connectivity index (χ4n) is 6.62. The summed E-state index contributed by atoms with van der Waals surface area (Å²) in [6.45, 7) is 22.1. The molecule has 1 aliphatic carbocycles. The summed E-state index contributed by atoms with van der Waals surface area (Å²) in [6, 6.07) is 6.13. The van der Waals surface area contributed by atoms with Gasteiger partial charge in [0.05, 0.1) is 12.5 Å². The zero-order chi connectivity index (χ0) is 37.8. The number of allylic oxidation sites excluding steroid dienone is 1. The van der Waals surface area contributed by atoms with Crippen LogP contribution < -0.4 is 16.0 Å². The molecule has 0 radical (unpaired) electrons. The number of likely N-dealkylation sites (tertiary alicyclic amines) is 1. The molecule has 1 heterocycles. The molecule has 2 fully saturated rings. The van der Waals surface area contributed by atoms with Crippen LogP contribution in [0.3, 0.4) is 0 Å². The second-order valence-corrected chi connectivity index (χ2v) is 16.5. The fourth-order valence-corrected chi connectivity index (χ4v) is 6.62. The Bertz CT molecular complexity index is 1460. The molecule has 1 aromatic carbocycles. The van der Waals surface area contributed by atoms with E-state index in [9.17, 15) is 28.8 Å². The lowest BCUT2D eigenvalue weighted by Gasteiger charge is -2.38. The van der Waals surface area contributed by atoms with Crippen molar-refractivity contribution in [1.82, 2.24) is 20.9 Å². The molecule has 1 saturated carbocycles. The number of nitrogens with one attached hydrogen (secondary N) is 3. The number of amides is 4. The van der Waals surface area contributed by atoms with Crippen molar-refractivity contribution >= 4 is 35.6 Å². The van der Waals surface area contributed by atoms with Crippen molar-refractivity contribution in [2.75, 3.05) is 13.1 Å². The third-order valence-corrected chi connectivity index (χ3v) is 9.50. The number of piperidine rings is 1. The molecular formula is C38H56N4O8. The van der Waals surface area contributed by atoms with E-state index in [1.54, 1.807) is 40.7 Å². The van der Waals surface area contributed by atoms with Gasteiger partial charge in [0.15, 0.2) is 0 Å². The van der Waals surface area contributed by atoms with E-state index in [4.69, 9.17) is 9.47 Å². The van der Waals surface area contributed by atoms with Crippen molar-refractivity contribution in [2.24, 2.45) is 22.7 Å². The zero-order valence-corrected chi connectivity index (χ0v) is 31.3. The smallest absolute Gasteiger partial charge is 0.408 e. The molecule has 3 N–H and O–H groups in total. The molecule has 0 spiro atoms. The molecule has 1 saturated heterocycles. The van der Waals surface area contributed by atoms with Gasteiger partial charge >= 0.3 is 12.1 Å². The molecule has 0 bridgehead atoms. The average Bonchev–Trinajstić information content (AvgIpc) is 3.31. The van der Waals surface area contributed by atoms with Crippen LogP contribution in [0.5, 0.6) is 0 Å². The second kappa shape index (κ2) is 15.3. The molecule has 2 unspecified atom stereocenters. The molecule has 12 heteroatoms. The Hall–Kier alpha value is -4.22. The molecule has 2 aliphatic rings. The summed E-state index contributed by atoms with van der Waals surface area (Å²) >= 11 is 0. The highest BCUT2D eigenvalue weighted by atomic mass is 16.6. The van der Waals surface area contributed by atoms with Gasteiger partial charge in [-0.3, -0.25) is 24.0 Å². The largest absolute Gasteiger partial charge is 0.455 e. The Labute approximate surface area is 296 Å². The minimum absolute atomic E-state index is 0.0431. The summed E-state index contributed by atoms with van der Waals surface area (Å²) in [5, 5.41) is 7.95. The molecule has 50 heavy (non-hydrogen) atoms. The maximum absolute atomic E-state index is 14.1. The number of alkyl carbamates (subject to hydrolysis) is 1. The molecule has 4 amide bonds. The standard InChI is InChI=1S/C38H56N4O8/c1-12-13-19-25(29(44)32(46)39-21-20-26(43)49-38(10,11)23-17-15-14-16-18-23)40-31(45)28-27-24(37(27,8)9)22-42(28)33(47)30(35(2,3)4)41-34(48)50-36(5,6)7/h12,14-18,24-25,27-28,30H,1,13,19-22H2,2-11H3,(H,39,46)(H,40,45)(H,41,48)/t24-,25?,27?,28+,30-/m1/s1. The van der Waals surface area contributed by atoms with Crippen molar-refractivity contribution in [3.8, 4) is 0 Å². The lowest BCUT2D eigenvalue weighted by molar-refractivity contribution is -0.157. The van der Waals surface area contributed by atoms with E-state index in [-0.39, 0.29) is 36.6 Å². The van der Waals surface area contributed by atoms with E-state index in [0.29, 0.717) is 13.0 Å². The molecule has 12 nitrogen and oxygen atoms in total. The number of esters is 1. The van der Waals surface area contributed by atoms with Crippen LogP contribution in [0.25, 0.3) is 0 Å². The van der Waals surface area contributed by atoms with E-state index in [2.05, 4.69) is 22.5 Å². The van der Waals surface area contributed by atoms with Gasteiger partial charge in [-0.25, -0.2) is 4.79 Å². The van der Waals surface area contributed by atoms with Gasteiger partial charge in [-0.05, 0) is 75.7 Å². The fraction of sp³-hybridized carbons (Fsp3) is 0.632. The highest BCUT2D eigenvalue weighted by Gasteiger charge is 2.70. The van der Waals surface area contributed by atoms with Gasteiger partial charge in [-0.1, -0.05) is 71.0 Å². The molecule has 5 atom stereocenters. The van der Waals surface area contributed by atoms with Gasteiger partial charge in [-0.15, -0.1) is 6.58 Å². The molecular weight excluding hydrogens is 640 g/mol. The lowest BCUT2D eigenvalue weighted by atomic mass is 9.85. The van der Waals surface area contributed by atoms with E-state index in [0.717, 1.165) is 5.56 Å². The highest BCUT2D eigenvalue weighted by Crippen LogP contribution is 2.65. The number of rotatable bonds is 14. The van der Waals surface area contributed by atoms with Crippen LogP contribution >= 0.6 is 0 Å². The maximum atomic E-state index is 14.1. The van der Waals surface area contributed by atoms with Crippen LogP contribution in [-0.2, 0) is 39.0 Å².